The number of carbonyl (C=O) groups is 1. The number of fused-ring (bicyclic) bond motifs is 1. The first kappa shape index (κ1) is 14.9. The van der Waals surface area contributed by atoms with Crippen molar-refractivity contribution in [1.29, 1.82) is 0 Å². The lowest BCUT2D eigenvalue weighted by molar-refractivity contribution is -0.128. The van der Waals surface area contributed by atoms with Crippen molar-refractivity contribution >= 4 is 27.0 Å². The molecule has 1 unspecified atom stereocenters. The van der Waals surface area contributed by atoms with Gasteiger partial charge in [-0.2, -0.15) is 8.42 Å². The maximum absolute atomic E-state index is 12.7. The first-order chi connectivity index (χ1) is 10.4. The van der Waals surface area contributed by atoms with Crippen molar-refractivity contribution in [3.8, 4) is 0 Å². The lowest BCUT2D eigenvalue weighted by Crippen LogP contribution is -2.25. The Morgan fingerprint density at radius 1 is 1.32 bits per heavy atom. The molecular weight excluding hydrogens is 307 g/mol. The minimum Gasteiger partial charge on any atom is -0.338 e. The van der Waals surface area contributed by atoms with Gasteiger partial charge in [-0.15, -0.1) is 3.89 Å². The van der Waals surface area contributed by atoms with Crippen molar-refractivity contribution in [2.45, 2.75) is 13.0 Å². The third kappa shape index (κ3) is 3.41. The molecule has 0 aliphatic carbocycles. The Bertz CT molecular complexity index is 822. The van der Waals surface area contributed by atoms with Crippen LogP contribution in [0.15, 0.2) is 36.5 Å². The first-order valence-electron chi connectivity index (χ1n) is 6.94. The molecular formula is C15H15FN2O3S. The zero-order valence-corrected chi connectivity index (χ0v) is 12.6. The van der Waals surface area contributed by atoms with Crippen LogP contribution in [0.1, 0.15) is 12.0 Å². The summed E-state index contributed by atoms with van der Waals surface area (Å²) in [5.74, 6) is -1.19. The first-order valence-corrected chi connectivity index (χ1v) is 8.50. The maximum atomic E-state index is 12.7. The van der Waals surface area contributed by atoms with E-state index in [9.17, 15) is 17.1 Å². The molecule has 2 heterocycles. The lowest BCUT2D eigenvalue weighted by atomic mass is 10.1. The summed E-state index contributed by atoms with van der Waals surface area (Å²) >= 11 is 0. The Hall–Kier alpha value is -2.02. The van der Waals surface area contributed by atoms with Gasteiger partial charge in [-0.25, -0.2) is 0 Å². The molecule has 1 aliphatic heterocycles. The number of nitrogens with zero attached hydrogens (tertiary/aromatic N) is 2. The largest absolute Gasteiger partial charge is 0.338 e. The van der Waals surface area contributed by atoms with Crippen LogP contribution in [-0.4, -0.2) is 36.5 Å². The van der Waals surface area contributed by atoms with Crippen LogP contribution < -0.4 is 0 Å². The van der Waals surface area contributed by atoms with Crippen LogP contribution in [0, 0.1) is 5.92 Å². The van der Waals surface area contributed by atoms with E-state index in [-0.39, 0.29) is 18.9 Å². The fourth-order valence-corrected chi connectivity index (χ4v) is 3.63. The van der Waals surface area contributed by atoms with E-state index in [4.69, 9.17) is 0 Å². The molecule has 7 heteroatoms. The lowest BCUT2D eigenvalue weighted by Gasteiger charge is -2.16. The Balaban J connectivity index is 1.73. The van der Waals surface area contributed by atoms with Crippen LogP contribution in [-0.2, 0) is 21.6 Å². The van der Waals surface area contributed by atoms with E-state index in [1.165, 1.54) is 0 Å². The summed E-state index contributed by atoms with van der Waals surface area (Å²) in [7, 11) is -4.54. The predicted molar refractivity (Wildman–Crippen MR) is 80.2 cm³/mol. The quantitative estimate of drug-likeness (QED) is 0.806. The molecule has 0 N–H and O–H groups in total. The third-order valence-electron chi connectivity index (χ3n) is 3.77. The number of carbonyl (C=O) groups excluding carboxylic acids is 1. The fourth-order valence-electron chi connectivity index (χ4n) is 2.84. The Labute approximate surface area is 128 Å². The second-order valence-electron chi connectivity index (χ2n) is 5.58. The van der Waals surface area contributed by atoms with Gasteiger partial charge in [0.25, 0.3) is 0 Å². The molecule has 1 fully saturated rings. The van der Waals surface area contributed by atoms with Gasteiger partial charge < -0.3 is 4.90 Å². The van der Waals surface area contributed by atoms with E-state index in [0.717, 1.165) is 16.5 Å². The van der Waals surface area contributed by atoms with Gasteiger partial charge in [-0.05, 0) is 23.8 Å². The van der Waals surface area contributed by atoms with E-state index < -0.39 is 21.9 Å². The zero-order chi connectivity index (χ0) is 15.7. The standard InChI is InChI=1S/C15H15FN2O3S/c16-22(20,21)10-12-7-15(19)18(9-12)8-11-3-4-14-13(6-11)2-1-5-17-14/h1-6,12H,7-10H2. The van der Waals surface area contributed by atoms with Crippen LogP contribution in [0.25, 0.3) is 10.9 Å². The number of pyridine rings is 1. The number of aromatic nitrogens is 1. The highest BCUT2D eigenvalue weighted by molar-refractivity contribution is 7.86. The smallest absolute Gasteiger partial charge is 0.302 e. The molecule has 1 saturated heterocycles. The van der Waals surface area contributed by atoms with Gasteiger partial charge in [0, 0.05) is 37.0 Å². The Kier molecular flexibility index (Phi) is 3.82. The summed E-state index contributed by atoms with van der Waals surface area (Å²) in [6.07, 6.45) is 1.80. The predicted octanol–water partition coefficient (Wildman–Crippen LogP) is 1.88. The van der Waals surface area contributed by atoms with E-state index in [1.807, 2.05) is 30.3 Å². The molecule has 1 atom stereocenters. The van der Waals surface area contributed by atoms with Crippen molar-refractivity contribution in [2.24, 2.45) is 5.92 Å². The molecule has 116 valence electrons. The summed E-state index contributed by atoms with van der Waals surface area (Å²) in [6.45, 7) is 0.666. The van der Waals surface area contributed by atoms with Gasteiger partial charge >= 0.3 is 10.2 Å². The van der Waals surface area contributed by atoms with Gasteiger partial charge in [-0.3, -0.25) is 9.78 Å². The van der Waals surface area contributed by atoms with E-state index in [2.05, 4.69) is 4.98 Å². The van der Waals surface area contributed by atoms with E-state index in [0.29, 0.717) is 6.54 Å². The highest BCUT2D eigenvalue weighted by atomic mass is 32.3. The summed E-state index contributed by atoms with van der Waals surface area (Å²) in [4.78, 5) is 17.7. The molecule has 1 amide bonds. The van der Waals surface area contributed by atoms with E-state index >= 15 is 0 Å². The number of hydrogen-bond acceptors (Lipinski definition) is 4. The van der Waals surface area contributed by atoms with Gasteiger partial charge in [0.05, 0.1) is 11.3 Å². The minimum absolute atomic E-state index is 0.0816. The van der Waals surface area contributed by atoms with Gasteiger partial charge in [-0.1, -0.05) is 12.1 Å². The summed E-state index contributed by atoms with van der Waals surface area (Å²) in [6, 6.07) is 9.51. The maximum Gasteiger partial charge on any atom is 0.302 e. The summed E-state index contributed by atoms with van der Waals surface area (Å²) in [5, 5.41) is 0.981. The molecule has 0 saturated carbocycles. The normalized spacial score (nSPS) is 19.0. The topological polar surface area (TPSA) is 67.3 Å². The van der Waals surface area contributed by atoms with Crippen molar-refractivity contribution < 1.29 is 17.1 Å². The number of rotatable bonds is 4. The van der Waals surface area contributed by atoms with Gasteiger partial charge in [0.2, 0.25) is 5.91 Å². The Morgan fingerprint density at radius 2 is 2.14 bits per heavy atom. The summed E-state index contributed by atoms with van der Waals surface area (Å²) < 4.78 is 34.1. The number of halogens is 1. The van der Waals surface area contributed by atoms with Crippen LogP contribution in [0.4, 0.5) is 3.89 Å². The molecule has 2 aromatic rings. The number of likely N-dealkylation sites (tertiary alicyclic amines) is 1. The molecule has 1 aliphatic rings. The number of amides is 1. The van der Waals surface area contributed by atoms with Gasteiger partial charge in [0.15, 0.2) is 0 Å². The number of benzene rings is 1. The van der Waals surface area contributed by atoms with Crippen LogP contribution in [0.5, 0.6) is 0 Å². The Morgan fingerprint density at radius 3 is 2.91 bits per heavy atom. The molecule has 0 radical (unpaired) electrons. The van der Waals surface area contributed by atoms with Crippen molar-refractivity contribution in [1.82, 2.24) is 9.88 Å². The molecule has 0 bridgehead atoms. The minimum atomic E-state index is -4.54. The average Bonchev–Trinajstić information content (AvgIpc) is 2.76. The van der Waals surface area contributed by atoms with Crippen LogP contribution >= 0.6 is 0 Å². The molecule has 5 nitrogen and oxygen atoms in total. The highest BCUT2D eigenvalue weighted by Crippen LogP contribution is 2.23. The SMILES string of the molecule is O=C1CC(CS(=O)(=O)F)CN1Cc1ccc2ncccc2c1. The second kappa shape index (κ2) is 5.64. The fraction of sp³-hybridized carbons (Fsp3) is 0.333. The molecule has 3 rings (SSSR count). The van der Waals surface area contributed by atoms with Crippen LogP contribution in [0.3, 0.4) is 0 Å². The van der Waals surface area contributed by atoms with Gasteiger partial charge in [0.1, 0.15) is 0 Å². The molecule has 1 aromatic carbocycles. The monoisotopic (exact) mass is 322 g/mol. The molecule has 1 aromatic heterocycles. The average molecular weight is 322 g/mol. The molecule has 0 spiro atoms. The third-order valence-corrected chi connectivity index (χ3v) is 4.64. The highest BCUT2D eigenvalue weighted by Gasteiger charge is 2.32. The summed E-state index contributed by atoms with van der Waals surface area (Å²) in [5.41, 5.74) is 1.82. The van der Waals surface area contributed by atoms with Crippen molar-refractivity contribution in [3.05, 3.63) is 42.1 Å². The van der Waals surface area contributed by atoms with Crippen molar-refractivity contribution in [2.75, 3.05) is 12.3 Å². The number of hydrogen-bond donors (Lipinski definition) is 0. The van der Waals surface area contributed by atoms with Crippen LogP contribution in [0.2, 0.25) is 0 Å². The van der Waals surface area contributed by atoms with Crippen molar-refractivity contribution in [3.63, 3.8) is 0 Å². The molecule has 22 heavy (non-hydrogen) atoms. The second-order valence-corrected chi connectivity index (χ2v) is 6.99. The zero-order valence-electron chi connectivity index (χ0n) is 11.8. The van der Waals surface area contributed by atoms with E-state index in [1.54, 1.807) is 11.1 Å².